The van der Waals surface area contributed by atoms with Crippen molar-refractivity contribution < 1.29 is 19.4 Å². The Morgan fingerprint density at radius 1 is 1.56 bits per heavy atom. The van der Waals surface area contributed by atoms with E-state index in [2.05, 4.69) is 5.32 Å². The molecule has 0 aromatic carbocycles. The van der Waals surface area contributed by atoms with E-state index < -0.39 is 5.97 Å². The van der Waals surface area contributed by atoms with Gasteiger partial charge < -0.3 is 15.2 Å². The molecule has 2 aliphatic rings. The number of carboxylic acids is 1. The van der Waals surface area contributed by atoms with Crippen LogP contribution in [-0.2, 0) is 14.3 Å². The Labute approximate surface area is 94.2 Å². The monoisotopic (exact) mass is 227 g/mol. The fourth-order valence-corrected chi connectivity index (χ4v) is 2.75. The molecule has 2 aliphatic heterocycles. The second-order valence-electron chi connectivity index (χ2n) is 4.72. The first-order valence-corrected chi connectivity index (χ1v) is 5.73. The van der Waals surface area contributed by atoms with Gasteiger partial charge in [0, 0.05) is 18.5 Å². The van der Waals surface area contributed by atoms with Gasteiger partial charge in [-0.05, 0) is 25.7 Å². The molecular weight excluding hydrogens is 210 g/mol. The Morgan fingerprint density at radius 3 is 3.00 bits per heavy atom. The van der Waals surface area contributed by atoms with E-state index in [9.17, 15) is 9.59 Å². The van der Waals surface area contributed by atoms with E-state index in [0.717, 1.165) is 12.8 Å². The SMILES string of the molecule is C[C@H]1OC(=O)CC2CCC(CC(=O)O)NC21. The number of hydrogen-bond donors (Lipinski definition) is 2. The number of fused-ring (bicyclic) bond motifs is 1. The molecular formula is C11H17NO4. The van der Waals surface area contributed by atoms with Crippen molar-refractivity contribution in [3.8, 4) is 0 Å². The van der Waals surface area contributed by atoms with E-state index in [0.29, 0.717) is 12.3 Å². The van der Waals surface area contributed by atoms with Gasteiger partial charge in [0.05, 0.1) is 6.42 Å². The van der Waals surface area contributed by atoms with Crippen molar-refractivity contribution >= 4 is 11.9 Å². The fraction of sp³-hybridized carbons (Fsp3) is 0.818. The third kappa shape index (κ3) is 2.35. The Hall–Kier alpha value is -1.10. The zero-order valence-corrected chi connectivity index (χ0v) is 9.31. The molecule has 0 aromatic rings. The van der Waals surface area contributed by atoms with Gasteiger partial charge in [-0.2, -0.15) is 0 Å². The Morgan fingerprint density at radius 2 is 2.31 bits per heavy atom. The summed E-state index contributed by atoms with van der Waals surface area (Å²) in [6.45, 7) is 1.87. The molecule has 5 nitrogen and oxygen atoms in total. The Bertz CT molecular complexity index is 304. The second kappa shape index (κ2) is 4.41. The van der Waals surface area contributed by atoms with E-state index in [1.165, 1.54) is 0 Å². The van der Waals surface area contributed by atoms with Gasteiger partial charge in [-0.15, -0.1) is 0 Å². The average Bonchev–Trinajstić information content (AvgIpc) is 2.18. The maximum absolute atomic E-state index is 11.2. The summed E-state index contributed by atoms with van der Waals surface area (Å²) in [5.41, 5.74) is 0. The number of esters is 1. The van der Waals surface area contributed by atoms with Crippen LogP contribution >= 0.6 is 0 Å². The van der Waals surface area contributed by atoms with E-state index in [-0.39, 0.29) is 30.6 Å². The summed E-state index contributed by atoms with van der Waals surface area (Å²) >= 11 is 0. The maximum atomic E-state index is 11.2. The Balaban J connectivity index is 1.97. The van der Waals surface area contributed by atoms with Crippen LogP contribution in [0.4, 0.5) is 0 Å². The van der Waals surface area contributed by atoms with Crippen LogP contribution in [0.15, 0.2) is 0 Å². The van der Waals surface area contributed by atoms with Gasteiger partial charge in [0.1, 0.15) is 6.10 Å². The van der Waals surface area contributed by atoms with Gasteiger partial charge in [0.25, 0.3) is 0 Å². The zero-order chi connectivity index (χ0) is 11.7. The van der Waals surface area contributed by atoms with Gasteiger partial charge in [-0.25, -0.2) is 0 Å². The van der Waals surface area contributed by atoms with E-state index >= 15 is 0 Å². The summed E-state index contributed by atoms with van der Waals surface area (Å²) in [6, 6.07) is 0.133. The van der Waals surface area contributed by atoms with Gasteiger partial charge in [-0.3, -0.25) is 9.59 Å². The molecule has 2 N–H and O–H groups in total. The first kappa shape index (κ1) is 11.4. The average molecular weight is 227 g/mol. The van der Waals surface area contributed by atoms with Gasteiger partial charge in [-0.1, -0.05) is 0 Å². The summed E-state index contributed by atoms with van der Waals surface area (Å²) in [7, 11) is 0. The highest BCUT2D eigenvalue weighted by atomic mass is 16.5. The van der Waals surface area contributed by atoms with E-state index in [1.54, 1.807) is 0 Å². The molecule has 2 heterocycles. The fourth-order valence-electron chi connectivity index (χ4n) is 2.75. The highest BCUT2D eigenvalue weighted by molar-refractivity contribution is 5.71. The topological polar surface area (TPSA) is 75.6 Å². The molecule has 0 radical (unpaired) electrons. The molecule has 5 heteroatoms. The van der Waals surface area contributed by atoms with Crippen molar-refractivity contribution in [2.24, 2.45) is 5.92 Å². The lowest BCUT2D eigenvalue weighted by atomic mass is 9.80. The molecule has 2 fully saturated rings. The lowest BCUT2D eigenvalue weighted by Crippen LogP contribution is -2.57. The van der Waals surface area contributed by atoms with Crippen LogP contribution in [0.3, 0.4) is 0 Å². The number of carbonyl (C=O) groups excluding carboxylic acids is 1. The highest BCUT2D eigenvalue weighted by Crippen LogP contribution is 2.31. The van der Waals surface area contributed by atoms with Crippen LogP contribution in [-0.4, -0.2) is 35.2 Å². The van der Waals surface area contributed by atoms with Gasteiger partial charge in [0.2, 0.25) is 0 Å². The number of ether oxygens (including phenoxy) is 1. The van der Waals surface area contributed by atoms with Crippen molar-refractivity contribution in [2.75, 3.05) is 0 Å². The van der Waals surface area contributed by atoms with Crippen molar-refractivity contribution in [2.45, 2.75) is 50.8 Å². The number of nitrogens with one attached hydrogen (secondary N) is 1. The summed E-state index contributed by atoms with van der Waals surface area (Å²) in [6.07, 6.45) is 2.19. The number of cyclic esters (lactones) is 1. The molecule has 0 aromatic heterocycles. The predicted octanol–water partition coefficient (Wildman–Crippen LogP) is 0.533. The van der Waals surface area contributed by atoms with Crippen molar-refractivity contribution in [3.05, 3.63) is 0 Å². The predicted molar refractivity (Wildman–Crippen MR) is 55.9 cm³/mol. The number of carbonyl (C=O) groups is 2. The molecule has 0 spiro atoms. The summed E-state index contributed by atoms with van der Waals surface area (Å²) in [5.74, 6) is -0.607. The first-order chi connectivity index (χ1) is 7.56. The second-order valence-corrected chi connectivity index (χ2v) is 4.72. The highest BCUT2D eigenvalue weighted by Gasteiger charge is 2.40. The zero-order valence-electron chi connectivity index (χ0n) is 9.31. The summed E-state index contributed by atoms with van der Waals surface area (Å²) in [4.78, 5) is 21.9. The number of hydrogen-bond acceptors (Lipinski definition) is 4. The number of aliphatic carboxylic acids is 1. The smallest absolute Gasteiger partial charge is 0.306 e. The minimum absolute atomic E-state index is 0.0120. The van der Waals surface area contributed by atoms with E-state index in [4.69, 9.17) is 9.84 Å². The molecule has 2 saturated heterocycles. The molecule has 90 valence electrons. The molecule has 0 amide bonds. The molecule has 2 rings (SSSR count). The molecule has 0 aliphatic carbocycles. The lowest BCUT2D eigenvalue weighted by Gasteiger charge is -2.42. The minimum Gasteiger partial charge on any atom is -0.481 e. The van der Waals surface area contributed by atoms with Gasteiger partial charge >= 0.3 is 11.9 Å². The molecule has 3 unspecified atom stereocenters. The summed E-state index contributed by atoms with van der Waals surface area (Å²) in [5, 5.41) is 12.0. The quantitative estimate of drug-likeness (QED) is 0.673. The van der Waals surface area contributed by atoms with Crippen LogP contribution < -0.4 is 5.32 Å². The molecule has 4 atom stereocenters. The Kier molecular flexibility index (Phi) is 3.14. The molecule has 0 saturated carbocycles. The van der Waals surface area contributed by atoms with E-state index in [1.807, 2.05) is 6.92 Å². The third-order valence-corrected chi connectivity index (χ3v) is 3.49. The third-order valence-electron chi connectivity index (χ3n) is 3.49. The largest absolute Gasteiger partial charge is 0.481 e. The van der Waals surface area contributed by atoms with Crippen molar-refractivity contribution in [1.82, 2.24) is 5.32 Å². The standard InChI is InChI=1S/C11H17NO4/c1-6-11-7(4-10(15)16-6)2-3-8(12-11)5-9(13)14/h6-8,11-12H,2-5H2,1H3,(H,13,14)/t6-,7?,8?,11?/m1/s1. The van der Waals surface area contributed by atoms with Gasteiger partial charge in [0.15, 0.2) is 0 Å². The summed E-state index contributed by atoms with van der Waals surface area (Å²) < 4.78 is 5.16. The first-order valence-electron chi connectivity index (χ1n) is 5.73. The van der Waals surface area contributed by atoms with Crippen LogP contribution in [0.5, 0.6) is 0 Å². The normalized spacial score (nSPS) is 38.7. The number of rotatable bonds is 2. The minimum atomic E-state index is -0.781. The van der Waals surface area contributed by atoms with Crippen LogP contribution in [0.2, 0.25) is 0 Å². The lowest BCUT2D eigenvalue weighted by molar-refractivity contribution is -0.160. The van der Waals surface area contributed by atoms with Crippen LogP contribution in [0.25, 0.3) is 0 Å². The molecule has 0 bridgehead atoms. The van der Waals surface area contributed by atoms with Crippen molar-refractivity contribution in [1.29, 1.82) is 0 Å². The number of piperidine rings is 1. The van der Waals surface area contributed by atoms with Crippen LogP contribution in [0, 0.1) is 5.92 Å². The van der Waals surface area contributed by atoms with Crippen LogP contribution in [0.1, 0.15) is 32.6 Å². The maximum Gasteiger partial charge on any atom is 0.306 e. The van der Waals surface area contributed by atoms with Crippen molar-refractivity contribution in [3.63, 3.8) is 0 Å². The number of carboxylic acid groups (broad SMARTS) is 1. The molecule has 16 heavy (non-hydrogen) atoms.